The van der Waals surface area contributed by atoms with Crippen molar-refractivity contribution in [3.63, 3.8) is 0 Å². The molecule has 7 heteroatoms. The van der Waals surface area contributed by atoms with Crippen LogP contribution in [-0.2, 0) is 9.47 Å². The molecule has 0 atom stereocenters. The van der Waals surface area contributed by atoms with Crippen molar-refractivity contribution in [3.05, 3.63) is 114 Å². The predicted molar refractivity (Wildman–Crippen MR) is 207 cm³/mol. The summed E-state index contributed by atoms with van der Waals surface area (Å²) >= 11 is 0. The van der Waals surface area contributed by atoms with Gasteiger partial charge in [0.05, 0.1) is 11.1 Å². The van der Waals surface area contributed by atoms with Crippen molar-refractivity contribution in [1.82, 2.24) is 0 Å². The van der Waals surface area contributed by atoms with Gasteiger partial charge in [-0.15, -0.1) is 0 Å². The maximum absolute atomic E-state index is 6.59. The monoisotopic (exact) mass is 672 g/mol. The lowest BCUT2D eigenvalue weighted by Crippen LogP contribution is -2.57. The minimum Gasteiger partial charge on any atom is -0.469 e. The van der Waals surface area contributed by atoms with Crippen LogP contribution in [0.4, 0.5) is 0 Å². The van der Waals surface area contributed by atoms with Gasteiger partial charge in [0.2, 0.25) is 11.8 Å². The predicted octanol–water partition coefficient (Wildman–Crippen LogP) is 8.42. The minimum absolute atomic E-state index is 0.00924. The van der Waals surface area contributed by atoms with Crippen molar-refractivity contribution < 1.29 is 18.9 Å². The highest BCUT2D eigenvalue weighted by molar-refractivity contribution is 6.98. The van der Waals surface area contributed by atoms with E-state index in [1.807, 2.05) is 18.2 Å². The minimum atomic E-state index is -0.362. The Kier molecular flexibility index (Phi) is 6.59. The maximum atomic E-state index is 6.59. The highest BCUT2D eigenvalue weighted by Gasteiger charge is 2.47. The van der Waals surface area contributed by atoms with Crippen LogP contribution in [0.3, 0.4) is 0 Å². The van der Waals surface area contributed by atoms with E-state index in [0.29, 0.717) is 11.8 Å². The van der Waals surface area contributed by atoms with Crippen LogP contribution < -0.4 is 25.9 Å². The van der Waals surface area contributed by atoms with Crippen molar-refractivity contribution >= 4 is 34.9 Å². The molecule has 0 radical (unpaired) electrons. The molecule has 0 saturated heterocycles. The molecule has 51 heavy (non-hydrogen) atoms. The van der Waals surface area contributed by atoms with E-state index in [-0.39, 0.29) is 29.0 Å². The summed E-state index contributed by atoms with van der Waals surface area (Å²) in [5, 5.41) is 0. The summed E-state index contributed by atoms with van der Waals surface area (Å²) in [5.41, 5.74) is 8.34. The molecule has 0 bridgehead atoms. The zero-order valence-corrected chi connectivity index (χ0v) is 30.4. The molecule has 0 saturated carbocycles. The quantitative estimate of drug-likeness (QED) is 0.176. The Hall–Kier alpha value is -5.30. The van der Waals surface area contributed by atoms with Crippen LogP contribution in [0.5, 0.6) is 23.0 Å². The largest absolute Gasteiger partial charge is 0.469 e. The number of fused-ring (bicyclic) bond motifs is 4. The van der Waals surface area contributed by atoms with Crippen molar-refractivity contribution in [2.24, 2.45) is 9.98 Å². The van der Waals surface area contributed by atoms with Gasteiger partial charge < -0.3 is 18.9 Å². The van der Waals surface area contributed by atoms with E-state index < -0.39 is 0 Å². The lowest BCUT2D eigenvalue weighted by Gasteiger charge is -2.33. The smallest absolute Gasteiger partial charge is 0.260 e. The summed E-state index contributed by atoms with van der Waals surface area (Å²) in [5.74, 6) is 4.75. The molecule has 0 fully saturated rings. The highest BCUT2D eigenvalue weighted by Crippen LogP contribution is 2.40. The fourth-order valence-corrected chi connectivity index (χ4v) is 7.20. The van der Waals surface area contributed by atoms with Crippen molar-refractivity contribution in [1.29, 1.82) is 0 Å². The van der Waals surface area contributed by atoms with E-state index in [0.717, 1.165) is 72.8 Å². The first-order valence-corrected chi connectivity index (χ1v) is 17.8. The number of benzene rings is 5. The standard InChI is InChI=1S/C44H41BN2O4/c1-41(2)43(5,6)50-39(46-41)28-16-12-26(13-17-28)30-20-22-32-36(24-30)48-34-10-9-11-35-38(34)45(32)33-23-21-31(25-37(33)49-35)27-14-18-29(19-15-27)40-47-42(3,4)44(7,8)51-40/h9-25H,1-8H3. The average molecular weight is 673 g/mol. The molecule has 0 aromatic heterocycles. The molecule has 6 nitrogen and oxygen atoms in total. The molecule has 0 unspecified atom stereocenters. The first-order valence-electron chi connectivity index (χ1n) is 17.8. The van der Waals surface area contributed by atoms with Gasteiger partial charge in [-0.1, -0.05) is 54.6 Å². The van der Waals surface area contributed by atoms with Gasteiger partial charge in [0.15, 0.2) is 0 Å². The fraction of sp³-hybridized carbons (Fsp3) is 0.273. The Bertz CT molecular complexity index is 2160. The Morgan fingerprint density at radius 3 is 1.18 bits per heavy atom. The van der Waals surface area contributed by atoms with Gasteiger partial charge in [-0.25, -0.2) is 9.98 Å². The topological polar surface area (TPSA) is 61.6 Å². The van der Waals surface area contributed by atoms with E-state index >= 15 is 0 Å². The lowest BCUT2D eigenvalue weighted by molar-refractivity contribution is 0.0618. The molecule has 0 amide bonds. The SMILES string of the molecule is CC1(C)N=C(c2ccc(-c3ccc4c(c3)Oc3cccc5c3B4c3ccc(-c4ccc(C6=NC(C)(C)C(C)(C)O6)cc4)cc3O5)cc2)OC1(C)C. The molecular formula is C44H41BN2O4. The van der Waals surface area contributed by atoms with Gasteiger partial charge >= 0.3 is 0 Å². The molecule has 5 aromatic carbocycles. The summed E-state index contributed by atoms with van der Waals surface area (Å²) < 4.78 is 25.7. The second-order valence-electron chi connectivity index (χ2n) is 16.1. The van der Waals surface area contributed by atoms with Crippen LogP contribution in [0.2, 0.25) is 0 Å². The van der Waals surface area contributed by atoms with Crippen LogP contribution >= 0.6 is 0 Å². The van der Waals surface area contributed by atoms with Crippen molar-refractivity contribution in [2.75, 3.05) is 0 Å². The second kappa shape index (κ2) is 10.6. The summed E-state index contributed by atoms with van der Waals surface area (Å²) in [6.45, 7) is 16.8. The lowest BCUT2D eigenvalue weighted by atomic mass is 9.35. The van der Waals surface area contributed by atoms with E-state index in [2.05, 4.69) is 140 Å². The number of hydrogen-bond donors (Lipinski definition) is 0. The summed E-state index contributed by atoms with van der Waals surface area (Å²) in [6, 6.07) is 36.0. The molecular weight excluding hydrogens is 631 g/mol. The second-order valence-corrected chi connectivity index (χ2v) is 16.1. The summed E-state index contributed by atoms with van der Waals surface area (Å²) in [7, 11) is 0. The molecule has 4 heterocycles. The van der Waals surface area contributed by atoms with Gasteiger partial charge in [-0.3, -0.25) is 0 Å². The number of rotatable bonds is 4. The van der Waals surface area contributed by atoms with Gasteiger partial charge in [0.25, 0.3) is 6.71 Å². The fourth-order valence-electron chi connectivity index (χ4n) is 7.20. The third kappa shape index (κ3) is 4.92. The molecule has 9 rings (SSSR count). The molecule has 4 aliphatic rings. The van der Waals surface area contributed by atoms with Gasteiger partial charge in [0, 0.05) is 16.6 Å². The summed E-state index contributed by atoms with van der Waals surface area (Å²) in [6.07, 6.45) is 0. The number of nitrogens with zero attached hydrogens (tertiary/aromatic N) is 2. The summed E-state index contributed by atoms with van der Waals surface area (Å²) in [4.78, 5) is 9.76. The Morgan fingerprint density at radius 2 is 0.804 bits per heavy atom. The molecule has 254 valence electrons. The van der Waals surface area contributed by atoms with Gasteiger partial charge in [-0.05, 0) is 137 Å². The number of hydrogen-bond acceptors (Lipinski definition) is 6. The first-order chi connectivity index (χ1) is 24.2. The normalized spacial score (nSPS) is 19.3. The average Bonchev–Trinajstić information content (AvgIpc) is 3.47. The van der Waals surface area contributed by atoms with Crippen molar-refractivity contribution in [3.8, 4) is 45.3 Å². The van der Waals surface area contributed by atoms with E-state index in [9.17, 15) is 0 Å². The highest BCUT2D eigenvalue weighted by atomic mass is 16.5. The zero-order chi connectivity index (χ0) is 35.5. The zero-order valence-electron chi connectivity index (χ0n) is 30.4. The number of ether oxygens (including phenoxy) is 4. The third-order valence-corrected chi connectivity index (χ3v) is 11.7. The molecule has 0 aliphatic carbocycles. The molecule has 0 spiro atoms. The Labute approximate surface area is 300 Å². The molecule has 5 aromatic rings. The number of aliphatic imine (C=N–C) groups is 2. The van der Waals surface area contributed by atoms with Crippen LogP contribution in [0, 0.1) is 0 Å². The Balaban J connectivity index is 1.02. The van der Waals surface area contributed by atoms with E-state index in [4.69, 9.17) is 28.9 Å². The van der Waals surface area contributed by atoms with Gasteiger partial charge in [-0.2, -0.15) is 0 Å². The third-order valence-electron chi connectivity index (χ3n) is 11.7. The molecule has 4 aliphatic heterocycles. The van der Waals surface area contributed by atoms with Crippen LogP contribution in [-0.4, -0.2) is 40.8 Å². The van der Waals surface area contributed by atoms with Crippen LogP contribution in [0.1, 0.15) is 66.5 Å². The van der Waals surface area contributed by atoms with Gasteiger partial charge in [0.1, 0.15) is 34.2 Å². The maximum Gasteiger partial charge on any atom is 0.260 e. The van der Waals surface area contributed by atoms with Crippen LogP contribution in [0.15, 0.2) is 113 Å². The molecule has 0 N–H and O–H groups in total. The van der Waals surface area contributed by atoms with Crippen LogP contribution in [0.25, 0.3) is 22.3 Å². The first kappa shape index (κ1) is 31.7. The van der Waals surface area contributed by atoms with E-state index in [1.54, 1.807) is 0 Å². The van der Waals surface area contributed by atoms with E-state index in [1.165, 1.54) is 0 Å². The Morgan fingerprint density at radius 1 is 0.431 bits per heavy atom. The van der Waals surface area contributed by atoms with Crippen molar-refractivity contribution in [2.45, 2.75) is 77.7 Å².